The minimum absolute atomic E-state index is 0.111. The Labute approximate surface area is 142 Å². The quantitative estimate of drug-likeness (QED) is 0.864. The Morgan fingerprint density at radius 1 is 0.833 bits per heavy atom. The third-order valence-electron chi connectivity index (χ3n) is 3.62. The number of hydrogen-bond donors (Lipinski definition) is 2. The first-order valence-electron chi connectivity index (χ1n) is 7.16. The molecule has 2 aromatic rings. The Morgan fingerprint density at radius 3 is 1.88 bits per heavy atom. The van der Waals surface area contributed by atoms with Crippen molar-refractivity contribution in [1.82, 2.24) is 0 Å². The fourth-order valence-electron chi connectivity index (χ4n) is 2.77. The summed E-state index contributed by atoms with van der Waals surface area (Å²) >= 11 is 0. The molecular formula is C16H20N2O4S2. The third-order valence-corrected chi connectivity index (χ3v) is 6.36. The molecule has 3 N–H and O–H groups in total. The molecule has 0 saturated heterocycles. The maximum absolute atomic E-state index is 12.7. The molecule has 0 aliphatic carbocycles. The van der Waals surface area contributed by atoms with Crippen LogP contribution in [-0.4, -0.2) is 16.8 Å². The lowest BCUT2D eigenvalue weighted by Gasteiger charge is -2.15. The van der Waals surface area contributed by atoms with E-state index in [4.69, 9.17) is 5.14 Å². The first-order chi connectivity index (χ1) is 10.9. The van der Waals surface area contributed by atoms with Gasteiger partial charge in [-0.15, -0.1) is 0 Å². The van der Waals surface area contributed by atoms with Crippen LogP contribution in [0.1, 0.15) is 22.3 Å². The number of sulfonamides is 2. The molecule has 0 aromatic heterocycles. The van der Waals surface area contributed by atoms with E-state index in [0.29, 0.717) is 16.7 Å². The number of benzene rings is 2. The number of rotatable bonds is 4. The van der Waals surface area contributed by atoms with Gasteiger partial charge in [0, 0.05) is 0 Å². The van der Waals surface area contributed by atoms with Crippen molar-refractivity contribution in [2.45, 2.75) is 37.5 Å². The maximum atomic E-state index is 12.7. The first kappa shape index (κ1) is 18.4. The predicted molar refractivity (Wildman–Crippen MR) is 94.0 cm³/mol. The molecule has 0 fully saturated rings. The fourth-order valence-corrected chi connectivity index (χ4v) is 5.08. The maximum Gasteiger partial charge on any atom is 0.262 e. The van der Waals surface area contributed by atoms with Crippen molar-refractivity contribution in [3.8, 4) is 0 Å². The molecule has 0 radical (unpaired) electrons. The molecule has 2 aromatic carbocycles. The highest BCUT2D eigenvalue weighted by atomic mass is 32.2. The number of anilines is 1. The van der Waals surface area contributed by atoms with Gasteiger partial charge in [-0.2, -0.15) is 0 Å². The van der Waals surface area contributed by atoms with Crippen LogP contribution in [-0.2, 0) is 20.0 Å². The molecule has 0 aliphatic heterocycles. The topological polar surface area (TPSA) is 106 Å². The summed E-state index contributed by atoms with van der Waals surface area (Å²) in [4.78, 5) is 0.0749. The van der Waals surface area contributed by atoms with Gasteiger partial charge in [-0.05, 0) is 56.5 Å². The van der Waals surface area contributed by atoms with Crippen LogP contribution >= 0.6 is 0 Å². The van der Waals surface area contributed by atoms with E-state index in [1.807, 2.05) is 6.92 Å². The molecule has 2 rings (SSSR count). The highest BCUT2D eigenvalue weighted by Gasteiger charge is 2.21. The highest BCUT2D eigenvalue weighted by molar-refractivity contribution is 7.92. The van der Waals surface area contributed by atoms with Gasteiger partial charge in [0.2, 0.25) is 10.0 Å². The van der Waals surface area contributed by atoms with Crippen molar-refractivity contribution >= 4 is 25.7 Å². The van der Waals surface area contributed by atoms with Crippen LogP contribution in [0.2, 0.25) is 0 Å². The van der Waals surface area contributed by atoms with Crippen molar-refractivity contribution in [3.63, 3.8) is 0 Å². The summed E-state index contributed by atoms with van der Waals surface area (Å²) in [6.45, 7) is 6.92. The standard InChI is InChI=1S/C16H20N2O4S2/c1-10-7-12(3)16(13(4)8-10)24(21,22)18-14-6-5-11(2)15(9-14)23(17,19)20/h5-9,18H,1-4H3,(H2,17,19,20). The largest absolute Gasteiger partial charge is 0.280 e. The molecule has 8 heteroatoms. The number of primary sulfonamides is 1. The monoisotopic (exact) mass is 368 g/mol. The van der Waals surface area contributed by atoms with Gasteiger partial charge >= 0.3 is 0 Å². The van der Waals surface area contributed by atoms with E-state index < -0.39 is 20.0 Å². The van der Waals surface area contributed by atoms with Crippen LogP contribution in [0.15, 0.2) is 40.1 Å². The molecule has 0 amide bonds. The Balaban J connectivity index is 2.52. The molecule has 0 saturated carbocycles. The van der Waals surface area contributed by atoms with Crippen LogP contribution in [0.5, 0.6) is 0 Å². The Hall–Kier alpha value is -1.90. The lowest BCUT2D eigenvalue weighted by molar-refractivity contribution is 0.595. The summed E-state index contributed by atoms with van der Waals surface area (Å²) in [5.41, 5.74) is 2.81. The second-order valence-electron chi connectivity index (χ2n) is 5.86. The van der Waals surface area contributed by atoms with Crippen molar-refractivity contribution < 1.29 is 16.8 Å². The summed E-state index contributed by atoms with van der Waals surface area (Å²) in [7, 11) is -7.79. The first-order valence-corrected chi connectivity index (χ1v) is 10.2. The van der Waals surface area contributed by atoms with Crippen molar-refractivity contribution in [2.24, 2.45) is 5.14 Å². The molecule has 0 heterocycles. The molecule has 6 nitrogen and oxygen atoms in total. The van der Waals surface area contributed by atoms with Gasteiger partial charge in [0.15, 0.2) is 0 Å². The summed E-state index contributed by atoms with van der Waals surface area (Å²) < 4.78 is 51.0. The van der Waals surface area contributed by atoms with Crippen molar-refractivity contribution in [3.05, 3.63) is 52.6 Å². The number of aryl methyl sites for hydroxylation is 4. The molecule has 24 heavy (non-hydrogen) atoms. The summed E-state index contributed by atoms with van der Waals surface area (Å²) in [6, 6.07) is 7.80. The second-order valence-corrected chi connectivity index (χ2v) is 9.01. The third kappa shape index (κ3) is 3.77. The van der Waals surface area contributed by atoms with E-state index in [2.05, 4.69) is 4.72 Å². The average molecular weight is 368 g/mol. The fraction of sp³-hybridized carbons (Fsp3) is 0.250. The Bertz CT molecular complexity index is 987. The summed E-state index contributed by atoms with van der Waals surface area (Å²) in [6.07, 6.45) is 0. The molecule has 0 atom stereocenters. The van der Waals surface area contributed by atoms with Crippen molar-refractivity contribution in [1.29, 1.82) is 0 Å². The second kappa shape index (κ2) is 6.19. The zero-order valence-corrected chi connectivity index (χ0v) is 15.5. The van der Waals surface area contributed by atoms with Gasteiger partial charge in [-0.25, -0.2) is 22.0 Å². The Morgan fingerprint density at radius 2 is 1.38 bits per heavy atom. The van der Waals surface area contributed by atoms with Gasteiger partial charge in [0.05, 0.1) is 15.5 Å². The molecule has 0 spiro atoms. The van der Waals surface area contributed by atoms with Crippen molar-refractivity contribution in [2.75, 3.05) is 4.72 Å². The van der Waals surface area contributed by atoms with E-state index in [1.165, 1.54) is 18.2 Å². The highest BCUT2D eigenvalue weighted by Crippen LogP contribution is 2.26. The lowest BCUT2D eigenvalue weighted by atomic mass is 10.1. The minimum Gasteiger partial charge on any atom is -0.280 e. The van der Waals surface area contributed by atoms with E-state index in [-0.39, 0.29) is 15.5 Å². The lowest BCUT2D eigenvalue weighted by Crippen LogP contribution is -2.18. The van der Waals surface area contributed by atoms with E-state index in [0.717, 1.165) is 5.56 Å². The molecule has 130 valence electrons. The van der Waals surface area contributed by atoms with Gasteiger partial charge in [0.25, 0.3) is 10.0 Å². The number of nitrogens with one attached hydrogen (secondary N) is 1. The van der Waals surface area contributed by atoms with E-state index in [9.17, 15) is 16.8 Å². The molecule has 0 bridgehead atoms. The van der Waals surface area contributed by atoms with Gasteiger partial charge in [-0.1, -0.05) is 23.8 Å². The normalized spacial score (nSPS) is 12.2. The van der Waals surface area contributed by atoms with E-state index >= 15 is 0 Å². The van der Waals surface area contributed by atoms with Crippen LogP contribution in [0.3, 0.4) is 0 Å². The predicted octanol–water partition coefficient (Wildman–Crippen LogP) is 2.37. The smallest absolute Gasteiger partial charge is 0.262 e. The van der Waals surface area contributed by atoms with Gasteiger partial charge in [-0.3, -0.25) is 4.72 Å². The minimum atomic E-state index is -3.93. The number of hydrogen-bond acceptors (Lipinski definition) is 4. The van der Waals surface area contributed by atoms with Gasteiger partial charge in [0.1, 0.15) is 0 Å². The van der Waals surface area contributed by atoms with Gasteiger partial charge < -0.3 is 0 Å². The molecular weight excluding hydrogens is 348 g/mol. The van der Waals surface area contributed by atoms with Crippen LogP contribution in [0, 0.1) is 27.7 Å². The van der Waals surface area contributed by atoms with Crippen LogP contribution in [0.4, 0.5) is 5.69 Å². The van der Waals surface area contributed by atoms with E-state index in [1.54, 1.807) is 32.9 Å². The summed E-state index contributed by atoms with van der Waals surface area (Å²) in [5.74, 6) is 0. The SMILES string of the molecule is Cc1cc(C)c(S(=O)(=O)Nc2ccc(C)c(S(N)(=O)=O)c2)c(C)c1. The van der Waals surface area contributed by atoms with Crippen LogP contribution in [0.25, 0.3) is 0 Å². The Kier molecular flexibility index (Phi) is 4.76. The van der Waals surface area contributed by atoms with Crippen LogP contribution < -0.4 is 9.86 Å². The molecule has 0 unspecified atom stereocenters. The zero-order chi connectivity index (χ0) is 18.3. The summed E-state index contributed by atoms with van der Waals surface area (Å²) in [5, 5.41) is 5.16. The zero-order valence-electron chi connectivity index (χ0n) is 13.9. The molecule has 0 aliphatic rings. The average Bonchev–Trinajstić information content (AvgIpc) is 2.37. The number of nitrogens with two attached hydrogens (primary N) is 1.